The molecule has 0 amide bonds. The minimum Gasteiger partial charge on any atom is -0.371 e. The molecule has 0 bridgehead atoms. The van der Waals surface area contributed by atoms with Crippen molar-refractivity contribution >= 4 is 15.9 Å². The van der Waals surface area contributed by atoms with Gasteiger partial charge in [0.15, 0.2) is 0 Å². The minimum atomic E-state index is 0.113. The predicted octanol–water partition coefficient (Wildman–Crippen LogP) is 2.71. The first kappa shape index (κ1) is 12.5. The van der Waals surface area contributed by atoms with E-state index in [2.05, 4.69) is 35.1 Å². The SMILES string of the molecule is CC1(C)CCC(CNCCCCBr)O1. The van der Waals surface area contributed by atoms with E-state index in [-0.39, 0.29) is 5.60 Å². The van der Waals surface area contributed by atoms with Crippen LogP contribution in [-0.2, 0) is 4.74 Å². The van der Waals surface area contributed by atoms with Crippen molar-refractivity contribution in [1.82, 2.24) is 5.32 Å². The molecular formula is C11H22BrNO. The summed E-state index contributed by atoms with van der Waals surface area (Å²) in [7, 11) is 0. The van der Waals surface area contributed by atoms with Crippen LogP contribution >= 0.6 is 15.9 Å². The van der Waals surface area contributed by atoms with Crippen LogP contribution in [0.4, 0.5) is 0 Å². The van der Waals surface area contributed by atoms with Crippen LogP contribution in [-0.4, -0.2) is 30.1 Å². The van der Waals surface area contributed by atoms with Gasteiger partial charge in [-0.25, -0.2) is 0 Å². The van der Waals surface area contributed by atoms with E-state index < -0.39 is 0 Å². The fourth-order valence-corrected chi connectivity index (χ4v) is 2.23. The van der Waals surface area contributed by atoms with Crippen molar-refractivity contribution in [3.63, 3.8) is 0 Å². The Morgan fingerprint density at radius 3 is 2.79 bits per heavy atom. The zero-order valence-corrected chi connectivity index (χ0v) is 10.9. The lowest BCUT2D eigenvalue weighted by Gasteiger charge is -2.19. The van der Waals surface area contributed by atoms with Crippen molar-refractivity contribution in [2.45, 2.75) is 51.2 Å². The molecule has 0 aromatic carbocycles. The van der Waals surface area contributed by atoms with E-state index in [0.29, 0.717) is 6.10 Å². The van der Waals surface area contributed by atoms with Crippen LogP contribution in [0.3, 0.4) is 0 Å². The molecule has 0 aliphatic carbocycles. The van der Waals surface area contributed by atoms with Gasteiger partial charge < -0.3 is 10.1 Å². The molecule has 1 fully saturated rings. The van der Waals surface area contributed by atoms with Gasteiger partial charge in [0.25, 0.3) is 0 Å². The first-order chi connectivity index (χ1) is 6.64. The zero-order valence-electron chi connectivity index (χ0n) is 9.31. The number of nitrogens with one attached hydrogen (secondary N) is 1. The smallest absolute Gasteiger partial charge is 0.0707 e. The molecule has 1 aliphatic rings. The number of alkyl halides is 1. The van der Waals surface area contributed by atoms with Crippen molar-refractivity contribution in [1.29, 1.82) is 0 Å². The van der Waals surface area contributed by atoms with Gasteiger partial charge in [0.1, 0.15) is 0 Å². The molecule has 14 heavy (non-hydrogen) atoms. The average molecular weight is 264 g/mol. The van der Waals surface area contributed by atoms with Gasteiger partial charge in [-0.15, -0.1) is 0 Å². The Balaban J connectivity index is 1.98. The van der Waals surface area contributed by atoms with E-state index in [1.807, 2.05) is 0 Å². The monoisotopic (exact) mass is 263 g/mol. The van der Waals surface area contributed by atoms with Crippen LogP contribution in [0.1, 0.15) is 39.5 Å². The summed E-state index contributed by atoms with van der Waals surface area (Å²) in [6, 6.07) is 0. The summed E-state index contributed by atoms with van der Waals surface area (Å²) >= 11 is 3.43. The molecule has 3 heteroatoms. The van der Waals surface area contributed by atoms with E-state index in [9.17, 15) is 0 Å². The largest absolute Gasteiger partial charge is 0.371 e. The highest BCUT2D eigenvalue weighted by Crippen LogP contribution is 2.28. The highest BCUT2D eigenvalue weighted by molar-refractivity contribution is 9.09. The molecule has 0 aromatic rings. The first-order valence-electron chi connectivity index (χ1n) is 5.58. The topological polar surface area (TPSA) is 21.3 Å². The summed E-state index contributed by atoms with van der Waals surface area (Å²) in [5, 5.41) is 4.57. The zero-order chi connectivity index (χ0) is 10.4. The van der Waals surface area contributed by atoms with Crippen molar-refractivity contribution in [3.8, 4) is 0 Å². The second kappa shape index (κ2) is 6.09. The third-order valence-corrected chi connectivity index (χ3v) is 3.22. The average Bonchev–Trinajstić information content (AvgIpc) is 2.45. The Hall–Kier alpha value is 0.400. The Kier molecular flexibility index (Phi) is 5.42. The summed E-state index contributed by atoms with van der Waals surface area (Å²) in [4.78, 5) is 0. The fraction of sp³-hybridized carbons (Fsp3) is 1.00. The lowest BCUT2D eigenvalue weighted by atomic mass is 10.1. The molecule has 1 heterocycles. The van der Waals surface area contributed by atoms with E-state index in [1.165, 1.54) is 25.7 Å². The standard InChI is InChI=1S/C11H22BrNO/c1-11(2)6-5-10(14-11)9-13-8-4-3-7-12/h10,13H,3-9H2,1-2H3. The summed E-state index contributed by atoms with van der Waals surface area (Å²) in [6.45, 7) is 6.49. The maximum Gasteiger partial charge on any atom is 0.0707 e. The molecule has 1 unspecified atom stereocenters. The second-order valence-corrected chi connectivity index (χ2v) is 5.43. The lowest BCUT2D eigenvalue weighted by molar-refractivity contribution is -0.0141. The lowest BCUT2D eigenvalue weighted by Crippen LogP contribution is -2.29. The summed E-state index contributed by atoms with van der Waals surface area (Å²) in [5.74, 6) is 0. The molecule has 0 radical (unpaired) electrons. The summed E-state index contributed by atoms with van der Waals surface area (Å²) in [5.41, 5.74) is 0.113. The van der Waals surface area contributed by atoms with Crippen LogP contribution in [0.2, 0.25) is 0 Å². The molecule has 1 atom stereocenters. The minimum absolute atomic E-state index is 0.113. The maximum absolute atomic E-state index is 5.88. The van der Waals surface area contributed by atoms with Crippen molar-refractivity contribution in [2.24, 2.45) is 0 Å². The Morgan fingerprint density at radius 1 is 1.43 bits per heavy atom. The molecule has 1 aliphatic heterocycles. The van der Waals surface area contributed by atoms with Gasteiger partial charge in [0, 0.05) is 11.9 Å². The Morgan fingerprint density at radius 2 is 2.21 bits per heavy atom. The normalized spacial score (nSPS) is 25.5. The maximum atomic E-state index is 5.88. The molecule has 1 rings (SSSR count). The summed E-state index contributed by atoms with van der Waals surface area (Å²) < 4.78 is 5.88. The highest BCUT2D eigenvalue weighted by Gasteiger charge is 2.30. The van der Waals surface area contributed by atoms with E-state index in [4.69, 9.17) is 4.74 Å². The molecule has 0 spiro atoms. The van der Waals surface area contributed by atoms with Crippen LogP contribution in [0.5, 0.6) is 0 Å². The van der Waals surface area contributed by atoms with Crippen LogP contribution in [0, 0.1) is 0 Å². The Labute approximate surface area is 95.9 Å². The van der Waals surface area contributed by atoms with Crippen molar-refractivity contribution in [3.05, 3.63) is 0 Å². The van der Waals surface area contributed by atoms with E-state index in [1.54, 1.807) is 0 Å². The predicted molar refractivity (Wildman–Crippen MR) is 64.1 cm³/mol. The van der Waals surface area contributed by atoms with Crippen molar-refractivity contribution < 1.29 is 4.74 Å². The fourth-order valence-electron chi connectivity index (χ4n) is 1.83. The number of rotatable bonds is 6. The van der Waals surface area contributed by atoms with Crippen LogP contribution < -0.4 is 5.32 Å². The van der Waals surface area contributed by atoms with Gasteiger partial charge in [0.05, 0.1) is 11.7 Å². The van der Waals surface area contributed by atoms with Gasteiger partial charge in [-0.05, 0) is 46.1 Å². The number of ether oxygens (including phenoxy) is 1. The van der Waals surface area contributed by atoms with Crippen molar-refractivity contribution in [2.75, 3.05) is 18.4 Å². The molecule has 0 aromatic heterocycles. The number of unbranched alkanes of at least 4 members (excludes halogenated alkanes) is 1. The molecule has 2 nitrogen and oxygen atoms in total. The quantitative estimate of drug-likeness (QED) is 0.588. The molecule has 84 valence electrons. The van der Waals surface area contributed by atoms with Gasteiger partial charge >= 0.3 is 0 Å². The van der Waals surface area contributed by atoms with Gasteiger partial charge in [-0.3, -0.25) is 0 Å². The van der Waals surface area contributed by atoms with Crippen LogP contribution in [0.25, 0.3) is 0 Å². The molecule has 0 saturated carbocycles. The second-order valence-electron chi connectivity index (χ2n) is 4.64. The van der Waals surface area contributed by atoms with Gasteiger partial charge in [-0.2, -0.15) is 0 Å². The van der Waals surface area contributed by atoms with Crippen LogP contribution in [0.15, 0.2) is 0 Å². The van der Waals surface area contributed by atoms with Gasteiger partial charge in [-0.1, -0.05) is 15.9 Å². The third kappa shape index (κ3) is 4.76. The number of hydrogen-bond acceptors (Lipinski definition) is 2. The van der Waals surface area contributed by atoms with E-state index in [0.717, 1.165) is 18.4 Å². The number of hydrogen-bond donors (Lipinski definition) is 1. The summed E-state index contributed by atoms with van der Waals surface area (Å²) in [6.07, 6.45) is 5.35. The third-order valence-electron chi connectivity index (χ3n) is 2.66. The van der Waals surface area contributed by atoms with Gasteiger partial charge in [0.2, 0.25) is 0 Å². The molecule has 1 saturated heterocycles. The Bertz CT molecular complexity index is 161. The molecular weight excluding hydrogens is 242 g/mol. The van der Waals surface area contributed by atoms with E-state index >= 15 is 0 Å². The highest BCUT2D eigenvalue weighted by atomic mass is 79.9. The number of halogens is 1. The molecule has 1 N–H and O–H groups in total. The first-order valence-corrected chi connectivity index (χ1v) is 6.71.